The van der Waals surface area contributed by atoms with Crippen LogP contribution in [0.25, 0.3) is 0 Å². The van der Waals surface area contributed by atoms with E-state index in [4.69, 9.17) is 19.2 Å². The maximum absolute atomic E-state index is 13.3. The van der Waals surface area contributed by atoms with Gasteiger partial charge in [-0.25, -0.2) is 4.98 Å². The van der Waals surface area contributed by atoms with Crippen LogP contribution < -0.4 is 14.8 Å². The van der Waals surface area contributed by atoms with Gasteiger partial charge in [-0.05, 0) is 73.5 Å². The summed E-state index contributed by atoms with van der Waals surface area (Å²) in [6.45, 7) is 4.55. The Labute approximate surface area is 268 Å². The first-order valence-corrected chi connectivity index (χ1v) is 16.4. The lowest BCUT2D eigenvalue weighted by atomic mass is 10.0. The van der Waals surface area contributed by atoms with Crippen molar-refractivity contribution in [2.75, 3.05) is 39.5 Å². The van der Waals surface area contributed by atoms with Gasteiger partial charge in [-0.1, -0.05) is 18.2 Å². The minimum Gasteiger partial charge on any atom is -0.493 e. The molecule has 0 saturated carbocycles. The highest BCUT2D eigenvalue weighted by Crippen LogP contribution is 2.33. The average molecular weight is 630 g/mol. The number of nitrogens with one attached hydrogen (secondary N) is 1. The molecule has 11 heteroatoms. The number of ether oxygens (including phenoxy) is 3. The Bertz CT molecular complexity index is 1560. The van der Waals surface area contributed by atoms with Crippen molar-refractivity contribution in [3.05, 3.63) is 77.0 Å². The number of hydrogen-bond donors (Lipinski definition) is 1. The van der Waals surface area contributed by atoms with E-state index in [-0.39, 0.29) is 36.9 Å². The number of aryl methyl sites for hydroxylation is 1. The Morgan fingerprint density at radius 3 is 2.78 bits per heavy atom. The summed E-state index contributed by atoms with van der Waals surface area (Å²) in [5.41, 5.74) is 3.32. The van der Waals surface area contributed by atoms with E-state index >= 15 is 0 Å². The zero-order valence-electron chi connectivity index (χ0n) is 26.0. The molecule has 3 heterocycles. The second-order valence-electron chi connectivity index (χ2n) is 11.2. The summed E-state index contributed by atoms with van der Waals surface area (Å²) in [6, 6.07) is 19.1. The van der Waals surface area contributed by atoms with Crippen LogP contribution in [0.5, 0.6) is 17.2 Å². The van der Waals surface area contributed by atoms with Gasteiger partial charge in [-0.2, -0.15) is 5.26 Å². The summed E-state index contributed by atoms with van der Waals surface area (Å²) < 4.78 is 18.3. The molecule has 45 heavy (non-hydrogen) atoms. The van der Waals surface area contributed by atoms with Crippen molar-refractivity contribution in [3.8, 4) is 23.3 Å². The van der Waals surface area contributed by atoms with Gasteiger partial charge >= 0.3 is 0 Å². The monoisotopic (exact) mass is 629 g/mol. The average Bonchev–Trinajstić information content (AvgIpc) is 3.06. The van der Waals surface area contributed by atoms with E-state index in [1.54, 1.807) is 12.0 Å². The third kappa shape index (κ3) is 8.34. The number of hydrogen-bond acceptors (Lipinski definition) is 9. The molecular weight excluding hydrogens is 590 g/mol. The van der Waals surface area contributed by atoms with Gasteiger partial charge in [0.25, 0.3) is 0 Å². The van der Waals surface area contributed by atoms with Crippen LogP contribution in [-0.2, 0) is 33.9 Å². The molecule has 1 fully saturated rings. The molecule has 236 valence electrons. The molecule has 0 radical (unpaired) electrons. The molecule has 4 bridgehead atoms. The molecule has 1 N–H and O–H groups in total. The smallest absolute Gasteiger partial charge is 0.239 e. The summed E-state index contributed by atoms with van der Waals surface area (Å²) in [5, 5.41) is 13.3. The van der Waals surface area contributed by atoms with E-state index in [0.29, 0.717) is 66.9 Å². The van der Waals surface area contributed by atoms with Crippen molar-refractivity contribution in [2.45, 2.75) is 56.5 Å². The second-order valence-corrected chi connectivity index (χ2v) is 12.0. The fourth-order valence-electron chi connectivity index (χ4n) is 5.69. The van der Waals surface area contributed by atoms with Crippen LogP contribution >= 0.6 is 11.8 Å². The predicted octanol–water partition coefficient (Wildman–Crippen LogP) is 4.55. The molecule has 1 saturated heterocycles. The quantitative estimate of drug-likeness (QED) is 0.406. The topological polar surface area (TPSA) is 117 Å². The Balaban J connectivity index is 1.39. The van der Waals surface area contributed by atoms with Crippen molar-refractivity contribution >= 4 is 23.6 Å². The molecule has 2 aliphatic heterocycles. The maximum Gasteiger partial charge on any atom is 0.239 e. The first-order chi connectivity index (χ1) is 21.9. The van der Waals surface area contributed by atoms with E-state index in [2.05, 4.69) is 16.3 Å². The van der Waals surface area contributed by atoms with Gasteiger partial charge in [0.05, 0.1) is 43.7 Å². The third-order valence-electron chi connectivity index (χ3n) is 8.12. The molecule has 2 aromatic carbocycles. The van der Waals surface area contributed by atoms with Gasteiger partial charge in [0, 0.05) is 32.6 Å². The van der Waals surface area contributed by atoms with Crippen molar-refractivity contribution in [1.82, 2.24) is 20.1 Å². The highest BCUT2D eigenvalue weighted by atomic mass is 32.2. The normalized spacial score (nSPS) is 19.7. The Hall–Kier alpha value is -4.11. The number of likely N-dealkylation sites (N-methyl/N-ethyl adjacent to an activating group) is 1. The number of likely N-dealkylation sites (tertiary alicyclic amines) is 1. The molecule has 2 aliphatic rings. The zero-order valence-corrected chi connectivity index (χ0v) is 26.8. The molecule has 2 amide bonds. The molecule has 10 nitrogen and oxygen atoms in total. The van der Waals surface area contributed by atoms with Crippen LogP contribution in [0.1, 0.15) is 42.1 Å². The van der Waals surface area contributed by atoms with E-state index < -0.39 is 0 Å². The number of nitriles is 1. The molecule has 5 rings (SSSR count). The van der Waals surface area contributed by atoms with Gasteiger partial charge in [-0.3, -0.25) is 14.5 Å². The first kappa shape index (κ1) is 32.3. The van der Waals surface area contributed by atoms with Crippen molar-refractivity contribution in [2.24, 2.45) is 0 Å². The summed E-state index contributed by atoms with van der Waals surface area (Å²) in [7, 11) is 1.60. The van der Waals surface area contributed by atoms with E-state index in [9.17, 15) is 14.9 Å². The van der Waals surface area contributed by atoms with Gasteiger partial charge in [0.15, 0.2) is 11.5 Å². The minimum atomic E-state index is -0.299. The second kappa shape index (κ2) is 15.3. The molecule has 2 atom stereocenters. The van der Waals surface area contributed by atoms with Gasteiger partial charge in [-0.15, -0.1) is 11.8 Å². The number of pyridine rings is 1. The molecule has 0 spiro atoms. The van der Waals surface area contributed by atoms with E-state index in [1.807, 2.05) is 67.8 Å². The number of benzene rings is 2. The largest absolute Gasteiger partial charge is 0.493 e. The van der Waals surface area contributed by atoms with Crippen molar-refractivity contribution < 1.29 is 23.8 Å². The fourth-order valence-corrected chi connectivity index (χ4v) is 6.23. The number of piperidine rings is 1. The number of carbonyl (C=O) groups excluding carboxylic acids is 2. The predicted molar refractivity (Wildman–Crippen MR) is 171 cm³/mol. The standard InChI is InChI=1S/C34H39N5O5S/c1-4-39-21-32(40)37-28-14-15-38(19-26-11-10-25(18-35)34(36-26)45-3)20-31(28)43-22-24-6-5-7-27(16-24)44-30-17-23(9-13-33(39)41)8-12-29(30)42-2/h5-8,10-12,16-17,28,31H,4,9,13-15,19-22H2,1-3H3,(H,37,40)/t28-,31-/m0/s1. The van der Waals surface area contributed by atoms with Gasteiger partial charge < -0.3 is 24.4 Å². The highest BCUT2D eigenvalue weighted by Gasteiger charge is 2.32. The number of amides is 2. The number of fused-ring (bicyclic) bond motifs is 5. The number of rotatable bonds is 5. The Morgan fingerprint density at radius 2 is 2.00 bits per heavy atom. The molecular formula is C34H39N5O5S. The van der Waals surface area contributed by atoms with Crippen LogP contribution in [0.3, 0.4) is 0 Å². The Morgan fingerprint density at radius 1 is 1.13 bits per heavy atom. The molecule has 1 aromatic heterocycles. The van der Waals surface area contributed by atoms with Gasteiger partial charge in [0.1, 0.15) is 16.8 Å². The summed E-state index contributed by atoms with van der Waals surface area (Å²) in [6.07, 6.45) is 3.08. The first-order valence-electron chi connectivity index (χ1n) is 15.2. The minimum absolute atomic E-state index is 0.00604. The number of nitrogens with zero attached hydrogens (tertiary/aromatic N) is 4. The Kier molecular flexibility index (Phi) is 10.9. The number of thioether (sulfide) groups is 1. The molecule has 0 unspecified atom stereocenters. The summed E-state index contributed by atoms with van der Waals surface area (Å²) >= 11 is 1.46. The zero-order chi connectivity index (χ0) is 31.8. The SMILES string of the molecule is CCN1CC(=O)N[C@H]2CCN(Cc3ccc(C#N)c(SC)n3)C[C@@H]2OCc2cccc(c2)Oc2cc(ccc2OC)CCC1=O. The lowest BCUT2D eigenvalue weighted by Gasteiger charge is -2.39. The third-order valence-corrected chi connectivity index (χ3v) is 8.82. The summed E-state index contributed by atoms with van der Waals surface area (Å²) in [5.74, 6) is 1.53. The number of methoxy groups -OCH3 is 1. The highest BCUT2D eigenvalue weighted by molar-refractivity contribution is 7.98. The molecule has 3 aromatic rings. The number of aromatic nitrogens is 1. The maximum atomic E-state index is 13.3. The van der Waals surface area contributed by atoms with Crippen LogP contribution in [0.15, 0.2) is 59.6 Å². The van der Waals surface area contributed by atoms with Crippen LogP contribution in [0.4, 0.5) is 0 Å². The van der Waals surface area contributed by atoms with E-state index in [0.717, 1.165) is 23.4 Å². The number of carbonyl (C=O) groups is 2. The van der Waals surface area contributed by atoms with Crippen molar-refractivity contribution in [1.29, 1.82) is 5.26 Å². The lowest BCUT2D eigenvalue weighted by Crippen LogP contribution is -2.56. The van der Waals surface area contributed by atoms with Crippen LogP contribution in [0.2, 0.25) is 0 Å². The van der Waals surface area contributed by atoms with Crippen LogP contribution in [-0.4, -0.2) is 78.3 Å². The van der Waals surface area contributed by atoms with Gasteiger partial charge in [0.2, 0.25) is 11.8 Å². The van der Waals surface area contributed by atoms with Crippen molar-refractivity contribution in [3.63, 3.8) is 0 Å². The van der Waals surface area contributed by atoms with E-state index in [1.165, 1.54) is 11.8 Å². The fraction of sp³-hybridized carbons (Fsp3) is 0.412. The lowest BCUT2D eigenvalue weighted by molar-refractivity contribution is -0.136. The molecule has 0 aliphatic carbocycles. The van der Waals surface area contributed by atoms with Crippen LogP contribution in [0, 0.1) is 11.3 Å². The summed E-state index contributed by atoms with van der Waals surface area (Å²) in [4.78, 5) is 35.0.